The van der Waals surface area contributed by atoms with Gasteiger partial charge in [-0.2, -0.15) is 0 Å². The third kappa shape index (κ3) is 1.85. The molecule has 1 aromatic carbocycles. The molecular formula is C10H14ClNO2. The predicted molar refractivity (Wildman–Crippen MR) is 56.6 cm³/mol. The van der Waals surface area contributed by atoms with Crippen molar-refractivity contribution in [3.05, 3.63) is 27.8 Å². The zero-order valence-corrected chi connectivity index (χ0v) is 8.97. The van der Waals surface area contributed by atoms with E-state index < -0.39 is 6.04 Å². The Morgan fingerprint density at radius 2 is 2.07 bits per heavy atom. The third-order valence-corrected chi connectivity index (χ3v) is 2.86. The second-order valence-corrected chi connectivity index (χ2v) is 3.73. The summed E-state index contributed by atoms with van der Waals surface area (Å²) in [6.45, 7) is 3.37. The number of halogens is 1. The van der Waals surface area contributed by atoms with Gasteiger partial charge in [-0.15, -0.1) is 0 Å². The Bertz CT molecular complexity index is 352. The van der Waals surface area contributed by atoms with Gasteiger partial charge in [0.2, 0.25) is 0 Å². The average molecular weight is 216 g/mol. The first kappa shape index (κ1) is 11.3. The summed E-state index contributed by atoms with van der Waals surface area (Å²) >= 11 is 6.01. The molecule has 4 heteroatoms. The van der Waals surface area contributed by atoms with Crippen molar-refractivity contribution in [3.8, 4) is 5.75 Å². The van der Waals surface area contributed by atoms with E-state index in [-0.39, 0.29) is 12.4 Å². The summed E-state index contributed by atoms with van der Waals surface area (Å²) in [6.07, 6.45) is 0. The number of hydrogen-bond donors (Lipinski definition) is 3. The molecule has 0 aliphatic carbocycles. The standard InChI is InChI=1S/C10H14ClNO2/c1-5-3-8(14)9(7(12)4-13)6(2)10(5)11/h3,7,13-14H,4,12H2,1-2H3. The van der Waals surface area contributed by atoms with Crippen LogP contribution in [0.3, 0.4) is 0 Å². The molecule has 0 fully saturated rings. The van der Waals surface area contributed by atoms with Crippen LogP contribution in [0.5, 0.6) is 5.75 Å². The van der Waals surface area contributed by atoms with Gasteiger partial charge >= 0.3 is 0 Å². The highest BCUT2D eigenvalue weighted by Crippen LogP contribution is 2.33. The van der Waals surface area contributed by atoms with Crippen LogP contribution in [0.4, 0.5) is 0 Å². The van der Waals surface area contributed by atoms with Crippen molar-refractivity contribution in [1.29, 1.82) is 0 Å². The van der Waals surface area contributed by atoms with Crippen molar-refractivity contribution in [2.45, 2.75) is 19.9 Å². The predicted octanol–water partition coefficient (Wildman–Crippen LogP) is 1.65. The van der Waals surface area contributed by atoms with Gasteiger partial charge in [0.25, 0.3) is 0 Å². The first-order chi connectivity index (χ1) is 6.49. The van der Waals surface area contributed by atoms with E-state index in [1.807, 2.05) is 6.92 Å². The molecule has 0 heterocycles. The van der Waals surface area contributed by atoms with E-state index in [1.165, 1.54) is 0 Å². The van der Waals surface area contributed by atoms with Crippen LogP contribution in [0.1, 0.15) is 22.7 Å². The fourth-order valence-electron chi connectivity index (χ4n) is 1.51. The lowest BCUT2D eigenvalue weighted by atomic mass is 9.98. The number of rotatable bonds is 2. The normalized spacial score (nSPS) is 12.9. The Balaban J connectivity index is 3.36. The summed E-state index contributed by atoms with van der Waals surface area (Å²) in [6, 6.07) is 0.966. The van der Waals surface area contributed by atoms with Crippen molar-refractivity contribution in [2.24, 2.45) is 5.73 Å². The van der Waals surface area contributed by atoms with E-state index >= 15 is 0 Å². The molecule has 1 aromatic rings. The van der Waals surface area contributed by atoms with Gasteiger partial charge in [0.1, 0.15) is 5.75 Å². The highest BCUT2D eigenvalue weighted by molar-refractivity contribution is 6.32. The van der Waals surface area contributed by atoms with E-state index in [4.69, 9.17) is 22.4 Å². The molecule has 0 bridgehead atoms. The lowest BCUT2D eigenvalue weighted by Crippen LogP contribution is -2.16. The fourth-order valence-corrected chi connectivity index (χ4v) is 1.67. The number of phenols is 1. The lowest BCUT2D eigenvalue weighted by molar-refractivity contribution is 0.265. The monoisotopic (exact) mass is 215 g/mol. The Hall–Kier alpha value is -0.770. The van der Waals surface area contributed by atoms with Crippen LogP contribution < -0.4 is 5.73 Å². The quantitative estimate of drug-likeness (QED) is 0.703. The van der Waals surface area contributed by atoms with E-state index in [2.05, 4.69) is 0 Å². The Labute approximate surface area is 88.1 Å². The van der Waals surface area contributed by atoms with E-state index in [9.17, 15) is 5.11 Å². The maximum Gasteiger partial charge on any atom is 0.121 e. The molecule has 0 amide bonds. The van der Waals surface area contributed by atoms with Gasteiger partial charge in [0, 0.05) is 10.6 Å². The van der Waals surface area contributed by atoms with Crippen LogP contribution >= 0.6 is 11.6 Å². The maximum atomic E-state index is 9.65. The van der Waals surface area contributed by atoms with Crippen molar-refractivity contribution in [2.75, 3.05) is 6.61 Å². The molecule has 0 radical (unpaired) electrons. The molecule has 0 saturated carbocycles. The largest absolute Gasteiger partial charge is 0.508 e. The van der Waals surface area contributed by atoms with Crippen LogP contribution in [0, 0.1) is 13.8 Å². The summed E-state index contributed by atoms with van der Waals surface area (Å²) in [5, 5.41) is 19.2. The molecule has 1 rings (SSSR count). The van der Waals surface area contributed by atoms with Gasteiger partial charge in [0.15, 0.2) is 0 Å². The molecule has 0 aliphatic rings. The number of hydrogen-bond acceptors (Lipinski definition) is 3. The maximum absolute atomic E-state index is 9.65. The topological polar surface area (TPSA) is 66.5 Å². The zero-order chi connectivity index (χ0) is 10.9. The van der Waals surface area contributed by atoms with E-state index in [1.54, 1.807) is 13.0 Å². The van der Waals surface area contributed by atoms with Crippen LogP contribution in [0.15, 0.2) is 6.07 Å². The van der Waals surface area contributed by atoms with Gasteiger partial charge in [-0.05, 0) is 31.0 Å². The number of nitrogens with two attached hydrogens (primary N) is 1. The van der Waals surface area contributed by atoms with Crippen LogP contribution in [-0.2, 0) is 0 Å². The molecule has 3 nitrogen and oxygen atoms in total. The summed E-state index contributed by atoms with van der Waals surface area (Å²) < 4.78 is 0. The molecule has 0 aromatic heterocycles. The third-order valence-electron chi connectivity index (χ3n) is 2.28. The van der Waals surface area contributed by atoms with Crippen LogP contribution in [0.25, 0.3) is 0 Å². The molecule has 4 N–H and O–H groups in total. The fraction of sp³-hybridized carbons (Fsp3) is 0.400. The number of aliphatic hydroxyl groups excluding tert-OH is 1. The van der Waals surface area contributed by atoms with Crippen LogP contribution in [0.2, 0.25) is 5.02 Å². The highest BCUT2D eigenvalue weighted by Gasteiger charge is 2.16. The summed E-state index contributed by atoms with van der Waals surface area (Å²) in [5.41, 5.74) is 7.69. The van der Waals surface area contributed by atoms with Gasteiger partial charge in [-0.1, -0.05) is 11.6 Å². The molecule has 0 saturated heterocycles. The molecule has 78 valence electrons. The van der Waals surface area contributed by atoms with Crippen molar-refractivity contribution in [3.63, 3.8) is 0 Å². The van der Waals surface area contributed by atoms with Crippen molar-refractivity contribution in [1.82, 2.24) is 0 Å². The number of phenolic OH excluding ortho intramolecular Hbond substituents is 1. The SMILES string of the molecule is Cc1cc(O)c(C(N)CO)c(C)c1Cl. The zero-order valence-electron chi connectivity index (χ0n) is 8.21. The van der Waals surface area contributed by atoms with Gasteiger partial charge < -0.3 is 15.9 Å². The first-order valence-electron chi connectivity index (χ1n) is 4.34. The van der Waals surface area contributed by atoms with E-state index in [0.29, 0.717) is 10.6 Å². The minimum Gasteiger partial charge on any atom is -0.508 e. The summed E-state index contributed by atoms with van der Waals surface area (Å²) in [7, 11) is 0. The highest BCUT2D eigenvalue weighted by atomic mass is 35.5. The lowest BCUT2D eigenvalue weighted by Gasteiger charge is -2.16. The van der Waals surface area contributed by atoms with Gasteiger partial charge in [0.05, 0.1) is 12.6 Å². The Morgan fingerprint density at radius 1 is 1.50 bits per heavy atom. The smallest absolute Gasteiger partial charge is 0.121 e. The Morgan fingerprint density at radius 3 is 2.57 bits per heavy atom. The van der Waals surface area contributed by atoms with Gasteiger partial charge in [-0.3, -0.25) is 0 Å². The van der Waals surface area contributed by atoms with Crippen molar-refractivity contribution >= 4 is 11.6 Å². The first-order valence-corrected chi connectivity index (χ1v) is 4.71. The number of aryl methyl sites for hydroxylation is 1. The molecule has 14 heavy (non-hydrogen) atoms. The molecule has 1 atom stereocenters. The molecule has 0 spiro atoms. The molecular weight excluding hydrogens is 202 g/mol. The summed E-state index contributed by atoms with van der Waals surface area (Å²) in [4.78, 5) is 0. The molecule has 1 unspecified atom stereocenters. The number of benzene rings is 1. The van der Waals surface area contributed by atoms with Gasteiger partial charge in [-0.25, -0.2) is 0 Å². The minimum absolute atomic E-state index is 0.0888. The number of aromatic hydroxyl groups is 1. The Kier molecular flexibility index (Phi) is 3.37. The van der Waals surface area contributed by atoms with Crippen molar-refractivity contribution < 1.29 is 10.2 Å². The van der Waals surface area contributed by atoms with Crippen LogP contribution in [-0.4, -0.2) is 16.8 Å². The summed E-state index contributed by atoms with van der Waals surface area (Å²) in [5.74, 6) is 0.0888. The second-order valence-electron chi connectivity index (χ2n) is 3.35. The molecule has 0 aliphatic heterocycles. The second kappa shape index (κ2) is 4.17. The van der Waals surface area contributed by atoms with E-state index in [0.717, 1.165) is 11.1 Å². The number of aliphatic hydroxyl groups is 1. The minimum atomic E-state index is -0.590. The average Bonchev–Trinajstić information content (AvgIpc) is 2.14.